The van der Waals surface area contributed by atoms with Gasteiger partial charge in [0, 0.05) is 12.5 Å². The molecule has 1 rings (SSSR count). The van der Waals surface area contributed by atoms with Crippen LogP contribution < -0.4 is 4.72 Å². The van der Waals surface area contributed by atoms with Crippen LogP contribution in [0, 0.1) is 0 Å². The average molecular weight is 287 g/mol. The van der Waals surface area contributed by atoms with E-state index in [9.17, 15) is 18.3 Å². The van der Waals surface area contributed by atoms with E-state index >= 15 is 0 Å². The van der Waals surface area contributed by atoms with E-state index in [-0.39, 0.29) is 18.1 Å². The quantitative estimate of drug-likeness (QED) is 0.768. The van der Waals surface area contributed by atoms with Crippen molar-refractivity contribution in [3.63, 3.8) is 0 Å². The fraction of sp³-hybridized carbons (Fsp3) is 0.417. The molecule has 0 heterocycles. The maximum Gasteiger partial charge on any atom is 0.305 e. The van der Waals surface area contributed by atoms with Crippen LogP contribution in [0.15, 0.2) is 18.2 Å². The number of nitrogens with one attached hydrogen (secondary N) is 1. The van der Waals surface area contributed by atoms with Crippen LogP contribution >= 0.6 is 0 Å². The molecule has 106 valence electrons. The zero-order valence-electron chi connectivity index (χ0n) is 10.8. The van der Waals surface area contributed by atoms with Crippen LogP contribution in [0.5, 0.6) is 5.75 Å². The Kier molecular flexibility index (Phi) is 5.17. The molecule has 0 amide bonds. The molecule has 0 aliphatic carbocycles. The first-order chi connectivity index (χ1) is 8.81. The van der Waals surface area contributed by atoms with Crippen molar-refractivity contribution in [1.29, 1.82) is 0 Å². The van der Waals surface area contributed by atoms with Crippen LogP contribution in [0.3, 0.4) is 0 Å². The standard InChI is InChI=1S/C12H17NO5S/c1-18-12(15)5-3-4-9-6-7-10(8-11(9)14)13-19(2,16)17/h6-8,13-14H,3-5H2,1-2H3. The molecule has 0 aliphatic heterocycles. The fourth-order valence-electron chi connectivity index (χ4n) is 1.58. The lowest BCUT2D eigenvalue weighted by atomic mass is 10.1. The molecule has 6 nitrogen and oxygen atoms in total. The number of benzene rings is 1. The predicted molar refractivity (Wildman–Crippen MR) is 71.5 cm³/mol. The number of methoxy groups -OCH3 is 1. The molecular weight excluding hydrogens is 270 g/mol. The van der Waals surface area contributed by atoms with Gasteiger partial charge in [-0.1, -0.05) is 6.07 Å². The first-order valence-corrected chi connectivity index (χ1v) is 7.57. The lowest BCUT2D eigenvalue weighted by molar-refractivity contribution is -0.140. The van der Waals surface area contributed by atoms with Crippen LogP contribution in [-0.2, 0) is 26.0 Å². The molecule has 19 heavy (non-hydrogen) atoms. The molecule has 0 spiro atoms. The Hall–Kier alpha value is -1.76. The second kappa shape index (κ2) is 6.42. The Morgan fingerprint density at radius 3 is 2.63 bits per heavy atom. The van der Waals surface area contributed by atoms with Crippen LogP contribution in [0.25, 0.3) is 0 Å². The Balaban J connectivity index is 2.65. The van der Waals surface area contributed by atoms with Crippen LogP contribution in [0.4, 0.5) is 5.69 Å². The molecule has 0 atom stereocenters. The summed E-state index contributed by atoms with van der Waals surface area (Å²) in [5.74, 6) is -0.298. The number of rotatable bonds is 6. The average Bonchev–Trinajstić information content (AvgIpc) is 2.29. The predicted octanol–water partition coefficient (Wildman–Crippen LogP) is 1.26. The second-order valence-electron chi connectivity index (χ2n) is 4.15. The summed E-state index contributed by atoms with van der Waals surface area (Å²) in [4.78, 5) is 10.9. The number of hydrogen-bond acceptors (Lipinski definition) is 5. The van der Waals surface area contributed by atoms with E-state index in [1.54, 1.807) is 12.1 Å². The number of carbonyl (C=O) groups excluding carboxylic acids is 1. The summed E-state index contributed by atoms with van der Waals surface area (Å²) in [6.07, 6.45) is 2.38. The molecular formula is C12H17NO5S. The van der Waals surface area contributed by atoms with Gasteiger partial charge in [0.15, 0.2) is 0 Å². The Morgan fingerprint density at radius 2 is 2.11 bits per heavy atom. The van der Waals surface area contributed by atoms with Gasteiger partial charge in [-0.25, -0.2) is 8.42 Å². The van der Waals surface area contributed by atoms with Gasteiger partial charge in [-0.15, -0.1) is 0 Å². The Bertz CT molecular complexity index is 553. The van der Waals surface area contributed by atoms with Crippen molar-refractivity contribution in [3.8, 4) is 5.75 Å². The number of sulfonamides is 1. The molecule has 0 aromatic heterocycles. The van der Waals surface area contributed by atoms with Crippen molar-refractivity contribution in [1.82, 2.24) is 0 Å². The number of anilines is 1. The van der Waals surface area contributed by atoms with Crippen molar-refractivity contribution in [2.75, 3.05) is 18.1 Å². The van der Waals surface area contributed by atoms with Crippen LogP contribution in [0.2, 0.25) is 0 Å². The highest BCUT2D eigenvalue weighted by atomic mass is 32.2. The summed E-state index contributed by atoms with van der Waals surface area (Å²) in [5.41, 5.74) is 0.958. The number of aryl methyl sites for hydroxylation is 1. The third-order valence-corrected chi connectivity index (χ3v) is 3.05. The van der Waals surface area contributed by atoms with E-state index in [4.69, 9.17) is 0 Å². The monoisotopic (exact) mass is 287 g/mol. The number of esters is 1. The summed E-state index contributed by atoms with van der Waals surface area (Å²) in [7, 11) is -2.04. The van der Waals surface area contributed by atoms with Crippen LogP contribution in [0.1, 0.15) is 18.4 Å². The molecule has 2 N–H and O–H groups in total. The number of aromatic hydroxyl groups is 1. The van der Waals surface area contributed by atoms with Gasteiger partial charge in [0.05, 0.1) is 19.1 Å². The molecule has 0 unspecified atom stereocenters. The zero-order valence-corrected chi connectivity index (χ0v) is 11.7. The van der Waals surface area contributed by atoms with E-state index < -0.39 is 10.0 Å². The van der Waals surface area contributed by atoms with Gasteiger partial charge in [-0.3, -0.25) is 9.52 Å². The maximum atomic E-state index is 11.0. The van der Waals surface area contributed by atoms with E-state index in [1.807, 2.05) is 0 Å². The van der Waals surface area contributed by atoms with Gasteiger partial charge < -0.3 is 9.84 Å². The van der Waals surface area contributed by atoms with Crippen molar-refractivity contribution in [2.24, 2.45) is 0 Å². The molecule has 0 radical (unpaired) electrons. The second-order valence-corrected chi connectivity index (χ2v) is 5.90. The van der Waals surface area contributed by atoms with Gasteiger partial charge in [-0.05, 0) is 24.5 Å². The normalized spacial score (nSPS) is 11.1. The number of hydrogen-bond donors (Lipinski definition) is 2. The number of ether oxygens (including phenoxy) is 1. The molecule has 1 aromatic carbocycles. The highest BCUT2D eigenvalue weighted by Crippen LogP contribution is 2.24. The minimum Gasteiger partial charge on any atom is -0.508 e. The summed E-state index contributed by atoms with van der Waals surface area (Å²) in [6, 6.07) is 4.53. The highest BCUT2D eigenvalue weighted by Gasteiger charge is 2.07. The molecule has 7 heteroatoms. The van der Waals surface area contributed by atoms with E-state index in [0.717, 1.165) is 6.26 Å². The SMILES string of the molecule is COC(=O)CCCc1ccc(NS(C)(=O)=O)cc1O. The molecule has 0 saturated carbocycles. The summed E-state index contributed by atoms with van der Waals surface area (Å²) >= 11 is 0. The Labute approximate surface area is 112 Å². The summed E-state index contributed by atoms with van der Waals surface area (Å²) in [5, 5.41) is 9.76. The van der Waals surface area contributed by atoms with Gasteiger partial charge >= 0.3 is 5.97 Å². The first-order valence-electron chi connectivity index (χ1n) is 5.68. The molecule has 0 saturated heterocycles. The minimum atomic E-state index is -3.36. The highest BCUT2D eigenvalue weighted by molar-refractivity contribution is 7.92. The minimum absolute atomic E-state index is 0.00137. The summed E-state index contributed by atoms with van der Waals surface area (Å²) in [6.45, 7) is 0. The van der Waals surface area contributed by atoms with E-state index in [0.29, 0.717) is 24.1 Å². The van der Waals surface area contributed by atoms with Gasteiger partial charge in [0.25, 0.3) is 0 Å². The third-order valence-electron chi connectivity index (χ3n) is 2.44. The van der Waals surface area contributed by atoms with Gasteiger partial charge in [-0.2, -0.15) is 0 Å². The van der Waals surface area contributed by atoms with Crippen molar-refractivity contribution in [2.45, 2.75) is 19.3 Å². The topological polar surface area (TPSA) is 92.7 Å². The van der Waals surface area contributed by atoms with E-state index in [2.05, 4.69) is 9.46 Å². The van der Waals surface area contributed by atoms with Crippen molar-refractivity contribution < 1.29 is 23.1 Å². The number of phenolic OH excluding ortho intramolecular Hbond substituents is 1. The summed E-state index contributed by atoms with van der Waals surface area (Å²) < 4.78 is 28.9. The molecule has 0 bridgehead atoms. The smallest absolute Gasteiger partial charge is 0.305 e. The maximum absolute atomic E-state index is 11.0. The van der Waals surface area contributed by atoms with Crippen molar-refractivity contribution in [3.05, 3.63) is 23.8 Å². The molecule has 1 aromatic rings. The molecule has 0 fully saturated rings. The fourth-order valence-corrected chi connectivity index (χ4v) is 2.13. The van der Waals surface area contributed by atoms with Gasteiger partial charge in [0.2, 0.25) is 10.0 Å². The zero-order chi connectivity index (χ0) is 14.5. The number of carbonyl (C=O) groups is 1. The van der Waals surface area contributed by atoms with Crippen molar-refractivity contribution >= 4 is 21.7 Å². The lowest BCUT2D eigenvalue weighted by Gasteiger charge is -2.08. The van der Waals surface area contributed by atoms with Crippen LogP contribution in [-0.4, -0.2) is 32.9 Å². The van der Waals surface area contributed by atoms with Gasteiger partial charge in [0.1, 0.15) is 5.75 Å². The Morgan fingerprint density at radius 1 is 1.42 bits per heavy atom. The largest absolute Gasteiger partial charge is 0.508 e. The number of phenols is 1. The third kappa shape index (κ3) is 5.60. The van der Waals surface area contributed by atoms with E-state index in [1.165, 1.54) is 13.2 Å². The first kappa shape index (κ1) is 15.3. The molecule has 0 aliphatic rings. The lowest BCUT2D eigenvalue weighted by Crippen LogP contribution is -2.09.